The molecule has 1 N–H and O–H groups in total. The minimum absolute atomic E-state index is 0.916. The highest BCUT2D eigenvalue weighted by Crippen LogP contribution is 2.38. The Morgan fingerprint density at radius 1 is 1.23 bits per heavy atom. The van der Waals surface area contributed by atoms with Crippen molar-refractivity contribution in [1.82, 2.24) is 24.9 Å². The maximum atomic E-state index is 4.87. The number of fused-ring (bicyclic) bond motifs is 2. The van der Waals surface area contributed by atoms with Crippen LogP contribution >= 0.6 is 22.7 Å². The third kappa shape index (κ3) is 2.67. The van der Waals surface area contributed by atoms with Crippen molar-refractivity contribution >= 4 is 43.4 Å². The predicted octanol–water partition coefficient (Wildman–Crippen LogP) is 4.32. The highest BCUT2D eigenvalue weighted by atomic mass is 32.1. The lowest BCUT2D eigenvalue weighted by Gasteiger charge is -2.11. The second-order valence-electron chi connectivity index (χ2n) is 6.55. The second-order valence-corrected chi connectivity index (χ2v) is 8.61. The van der Waals surface area contributed by atoms with E-state index in [0.29, 0.717) is 0 Å². The van der Waals surface area contributed by atoms with E-state index in [-0.39, 0.29) is 0 Å². The molecule has 0 saturated heterocycles. The fraction of sp³-hybridized carbons (Fsp3) is 0.316. The average Bonchev–Trinajstić information content (AvgIpc) is 3.34. The molecule has 132 valence electrons. The lowest BCUT2D eigenvalue weighted by atomic mass is 10.1. The maximum Gasteiger partial charge on any atom is 0.156 e. The van der Waals surface area contributed by atoms with Gasteiger partial charge in [-0.3, -0.25) is 0 Å². The molecule has 0 saturated carbocycles. The molecule has 0 radical (unpaired) electrons. The Kier molecular flexibility index (Phi) is 3.88. The molecule has 4 aromatic heterocycles. The van der Waals surface area contributed by atoms with Crippen LogP contribution < -0.4 is 5.32 Å². The molecule has 1 aliphatic heterocycles. The van der Waals surface area contributed by atoms with Gasteiger partial charge >= 0.3 is 0 Å². The van der Waals surface area contributed by atoms with Crippen LogP contribution in [0.4, 0.5) is 0 Å². The average molecular weight is 382 g/mol. The van der Waals surface area contributed by atoms with E-state index in [4.69, 9.17) is 10.1 Å². The smallest absolute Gasteiger partial charge is 0.156 e. The number of imidazole rings is 1. The quantitative estimate of drug-likeness (QED) is 0.574. The van der Waals surface area contributed by atoms with Crippen molar-refractivity contribution in [2.45, 2.75) is 26.7 Å². The van der Waals surface area contributed by atoms with Crippen molar-refractivity contribution in [1.29, 1.82) is 0 Å². The zero-order valence-electron chi connectivity index (χ0n) is 14.7. The monoisotopic (exact) mass is 381 g/mol. The Hall–Kier alpha value is -2.09. The number of thiophene rings is 1. The number of nitrogens with one attached hydrogen (secondary N) is 1. The van der Waals surface area contributed by atoms with E-state index in [0.717, 1.165) is 58.4 Å². The molecule has 0 atom stereocenters. The van der Waals surface area contributed by atoms with Crippen LogP contribution in [0.25, 0.3) is 31.5 Å². The summed E-state index contributed by atoms with van der Waals surface area (Å²) in [4.78, 5) is 12.0. The molecule has 4 aromatic rings. The minimum Gasteiger partial charge on any atom is -0.313 e. The molecule has 0 aliphatic carbocycles. The number of hydrogen-bond acceptors (Lipinski definition) is 6. The molecule has 7 heteroatoms. The van der Waals surface area contributed by atoms with Gasteiger partial charge in [-0.05, 0) is 49.6 Å². The third-order valence-electron chi connectivity index (χ3n) is 4.71. The standard InChI is InChI=1S/C19H19N5S2/c1-3-13-10-24-17(21-13)11(2)8-14(23-24)18-22-19-16(26-18)9-15(25-19)12-4-6-20-7-5-12/h4,8-10,20H,3,5-7H2,1-2H3. The van der Waals surface area contributed by atoms with Gasteiger partial charge in [0.2, 0.25) is 0 Å². The zero-order chi connectivity index (χ0) is 17.7. The summed E-state index contributed by atoms with van der Waals surface area (Å²) in [6.45, 7) is 6.23. The van der Waals surface area contributed by atoms with E-state index in [9.17, 15) is 0 Å². The number of nitrogens with zero attached hydrogens (tertiary/aromatic N) is 4. The van der Waals surface area contributed by atoms with E-state index < -0.39 is 0 Å². The summed E-state index contributed by atoms with van der Waals surface area (Å²) in [5, 5.41) is 9.10. The summed E-state index contributed by atoms with van der Waals surface area (Å²) in [6, 6.07) is 4.39. The Bertz CT molecular complexity index is 1120. The van der Waals surface area contributed by atoms with Gasteiger partial charge in [0, 0.05) is 11.4 Å². The first-order chi connectivity index (χ1) is 12.7. The molecule has 26 heavy (non-hydrogen) atoms. The molecule has 1 aliphatic rings. The summed E-state index contributed by atoms with van der Waals surface area (Å²) in [7, 11) is 0. The molecule has 5 heterocycles. The Morgan fingerprint density at radius 2 is 2.15 bits per heavy atom. The first-order valence-corrected chi connectivity index (χ1v) is 10.5. The molecule has 0 unspecified atom stereocenters. The van der Waals surface area contributed by atoms with Crippen molar-refractivity contribution in [3.05, 3.63) is 40.5 Å². The molecule has 0 amide bonds. The molecule has 0 bridgehead atoms. The topological polar surface area (TPSA) is 55.1 Å². The number of aryl methyl sites for hydroxylation is 2. The van der Waals surface area contributed by atoms with Crippen LogP contribution in [0.2, 0.25) is 0 Å². The van der Waals surface area contributed by atoms with E-state index in [1.807, 2.05) is 10.7 Å². The number of thiazole rings is 1. The summed E-state index contributed by atoms with van der Waals surface area (Å²) in [5.41, 5.74) is 5.50. The summed E-state index contributed by atoms with van der Waals surface area (Å²) >= 11 is 3.52. The number of hydrogen-bond donors (Lipinski definition) is 1. The van der Waals surface area contributed by atoms with E-state index >= 15 is 0 Å². The van der Waals surface area contributed by atoms with Gasteiger partial charge in [-0.2, -0.15) is 5.10 Å². The molecule has 5 nitrogen and oxygen atoms in total. The van der Waals surface area contributed by atoms with Gasteiger partial charge in [-0.25, -0.2) is 14.5 Å². The van der Waals surface area contributed by atoms with Crippen molar-refractivity contribution in [2.75, 3.05) is 13.1 Å². The Balaban J connectivity index is 1.55. The summed E-state index contributed by atoms with van der Waals surface area (Å²) < 4.78 is 3.14. The molecular formula is C19H19N5S2. The lowest BCUT2D eigenvalue weighted by molar-refractivity contribution is 0.739. The molecular weight excluding hydrogens is 362 g/mol. The largest absolute Gasteiger partial charge is 0.313 e. The van der Waals surface area contributed by atoms with Gasteiger partial charge in [-0.15, -0.1) is 22.7 Å². The normalized spacial score (nSPS) is 15.1. The van der Waals surface area contributed by atoms with Gasteiger partial charge in [0.1, 0.15) is 15.5 Å². The van der Waals surface area contributed by atoms with E-state index in [1.54, 1.807) is 22.7 Å². The highest BCUT2D eigenvalue weighted by molar-refractivity contribution is 7.29. The zero-order valence-corrected chi connectivity index (χ0v) is 16.4. The third-order valence-corrected chi connectivity index (χ3v) is 6.97. The first kappa shape index (κ1) is 16.1. The summed E-state index contributed by atoms with van der Waals surface area (Å²) in [6.07, 6.45) is 6.32. The van der Waals surface area contributed by atoms with E-state index in [2.05, 4.69) is 42.4 Å². The minimum atomic E-state index is 0.916. The van der Waals surface area contributed by atoms with Crippen molar-refractivity contribution in [3.63, 3.8) is 0 Å². The molecule has 5 rings (SSSR count). The van der Waals surface area contributed by atoms with E-state index in [1.165, 1.54) is 15.2 Å². The molecule has 0 aromatic carbocycles. The van der Waals surface area contributed by atoms with Crippen LogP contribution in [0.3, 0.4) is 0 Å². The van der Waals surface area contributed by atoms with Gasteiger partial charge in [0.05, 0.1) is 16.6 Å². The van der Waals surface area contributed by atoms with Crippen LogP contribution in [0.5, 0.6) is 0 Å². The van der Waals surface area contributed by atoms with Gasteiger partial charge in [0.25, 0.3) is 0 Å². The Labute approximate surface area is 159 Å². The number of aromatic nitrogens is 4. The van der Waals surface area contributed by atoms with Crippen LogP contribution in [-0.2, 0) is 6.42 Å². The van der Waals surface area contributed by atoms with Crippen LogP contribution in [0.1, 0.15) is 29.5 Å². The number of rotatable bonds is 3. The highest BCUT2D eigenvalue weighted by Gasteiger charge is 2.16. The van der Waals surface area contributed by atoms with Crippen molar-refractivity contribution in [2.24, 2.45) is 0 Å². The van der Waals surface area contributed by atoms with Gasteiger partial charge < -0.3 is 5.32 Å². The van der Waals surface area contributed by atoms with Crippen LogP contribution in [0.15, 0.2) is 24.4 Å². The van der Waals surface area contributed by atoms with Crippen LogP contribution in [0, 0.1) is 6.92 Å². The van der Waals surface area contributed by atoms with Crippen molar-refractivity contribution < 1.29 is 0 Å². The fourth-order valence-electron chi connectivity index (χ4n) is 3.30. The maximum absolute atomic E-state index is 4.87. The predicted molar refractivity (Wildman–Crippen MR) is 109 cm³/mol. The molecule has 0 spiro atoms. The van der Waals surface area contributed by atoms with Crippen molar-refractivity contribution in [3.8, 4) is 10.7 Å². The SMILES string of the molecule is CCc1cn2nc(-c3nc4sc(C5=CCNCC5)cc4s3)cc(C)c2n1. The first-order valence-electron chi connectivity index (χ1n) is 8.88. The van der Waals surface area contributed by atoms with Gasteiger partial charge in [-0.1, -0.05) is 13.0 Å². The molecule has 0 fully saturated rings. The second kappa shape index (κ2) is 6.26. The fourth-order valence-corrected chi connectivity index (χ4v) is 5.54. The lowest BCUT2D eigenvalue weighted by Crippen LogP contribution is -2.19. The van der Waals surface area contributed by atoms with Gasteiger partial charge in [0.15, 0.2) is 5.65 Å². The van der Waals surface area contributed by atoms with Crippen LogP contribution in [-0.4, -0.2) is 32.7 Å². The Morgan fingerprint density at radius 3 is 2.92 bits per heavy atom. The summed E-state index contributed by atoms with van der Waals surface area (Å²) in [5.74, 6) is 0.